The monoisotopic (exact) mass is 318 g/mol. The minimum absolute atomic E-state index is 0.0514. The molecule has 1 aliphatic rings. The molecule has 0 bridgehead atoms. The first kappa shape index (κ1) is 14.6. The highest BCUT2D eigenvalue weighted by molar-refractivity contribution is 6.31. The molecular formula is C17H12ClFO3. The lowest BCUT2D eigenvalue weighted by Crippen LogP contribution is -2.09. The van der Waals surface area contributed by atoms with Crippen LogP contribution >= 0.6 is 11.6 Å². The molecule has 0 spiro atoms. The smallest absolute Gasteiger partial charge is 0.337 e. The standard InChI is InChI=1S/C17H12ClFO3/c1-21-17(20)10-5-6-15-13(9-10)11(7-8-22-15)12-3-2-4-14(18)16(12)19/h2-7,9H,8H2,1H3. The van der Waals surface area contributed by atoms with Crippen LogP contribution < -0.4 is 4.74 Å². The first-order valence-corrected chi connectivity index (χ1v) is 6.99. The molecule has 112 valence electrons. The maximum atomic E-state index is 14.3. The number of carbonyl (C=O) groups excluding carboxylic acids is 1. The molecule has 2 aromatic carbocycles. The largest absolute Gasteiger partial charge is 0.489 e. The van der Waals surface area contributed by atoms with Crippen LogP contribution in [0.25, 0.3) is 5.57 Å². The lowest BCUT2D eigenvalue weighted by Gasteiger charge is -2.20. The molecule has 1 aliphatic heterocycles. The Hall–Kier alpha value is -2.33. The number of halogens is 2. The van der Waals surface area contributed by atoms with Gasteiger partial charge >= 0.3 is 5.97 Å². The molecule has 0 saturated heterocycles. The van der Waals surface area contributed by atoms with Gasteiger partial charge in [0.05, 0.1) is 17.7 Å². The fraction of sp³-hybridized carbons (Fsp3) is 0.118. The van der Waals surface area contributed by atoms with Gasteiger partial charge in [-0.2, -0.15) is 0 Å². The molecule has 0 atom stereocenters. The third-order valence-corrected chi connectivity index (χ3v) is 3.75. The predicted molar refractivity (Wildman–Crippen MR) is 81.8 cm³/mol. The Morgan fingerprint density at radius 2 is 2.09 bits per heavy atom. The van der Waals surface area contributed by atoms with Gasteiger partial charge in [-0.1, -0.05) is 23.7 Å². The zero-order valence-corrected chi connectivity index (χ0v) is 12.5. The van der Waals surface area contributed by atoms with Crippen molar-refractivity contribution >= 4 is 23.1 Å². The molecule has 1 heterocycles. The molecule has 3 rings (SSSR count). The summed E-state index contributed by atoms with van der Waals surface area (Å²) in [4.78, 5) is 11.7. The lowest BCUT2D eigenvalue weighted by atomic mass is 9.93. The van der Waals surface area contributed by atoms with Gasteiger partial charge in [-0.15, -0.1) is 0 Å². The summed E-state index contributed by atoms with van der Waals surface area (Å²) in [6.07, 6.45) is 1.76. The average Bonchev–Trinajstić information content (AvgIpc) is 2.55. The van der Waals surface area contributed by atoms with Crippen molar-refractivity contribution in [2.24, 2.45) is 0 Å². The van der Waals surface area contributed by atoms with Gasteiger partial charge in [0.2, 0.25) is 0 Å². The van der Waals surface area contributed by atoms with Gasteiger partial charge in [0.15, 0.2) is 0 Å². The average molecular weight is 319 g/mol. The number of fused-ring (bicyclic) bond motifs is 1. The van der Waals surface area contributed by atoms with Gasteiger partial charge in [-0.05, 0) is 35.9 Å². The van der Waals surface area contributed by atoms with E-state index < -0.39 is 11.8 Å². The number of ether oxygens (including phenoxy) is 2. The van der Waals surface area contributed by atoms with Crippen molar-refractivity contribution in [1.82, 2.24) is 0 Å². The summed E-state index contributed by atoms with van der Waals surface area (Å²) in [5.41, 5.74) is 2.03. The van der Waals surface area contributed by atoms with Crippen LogP contribution in [-0.2, 0) is 4.74 Å². The molecule has 0 unspecified atom stereocenters. The van der Waals surface area contributed by atoms with Crippen molar-refractivity contribution in [3.63, 3.8) is 0 Å². The second-order valence-electron chi connectivity index (χ2n) is 4.73. The summed E-state index contributed by atoms with van der Waals surface area (Å²) in [6, 6.07) is 9.74. The third kappa shape index (κ3) is 2.46. The Kier molecular flexibility index (Phi) is 3.86. The van der Waals surface area contributed by atoms with Crippen LogP contribution in [0.15, 0.2) is 42.5 Å². The van der Waals surface area contributed by atoms with Crippen molar-refractivity contribution in [3.8, 4) is 5.75 Å². The Morgan fingerprint density at radius 1 is 1.27 bits per heavy atom. The van der Waals surface area contributed by atoms with Crippen molar-refractivity contribution in [3.05, 3.63) is 70.0 Å². The normalized spacial score (nSPS) is 13.0. The number of hydrogen-bond donors (Lipinski definition) is 0. The van der Waals surface area contributed by atoms with E-state index in [9.17, 15) is 9.18 Å². The molecule has 22 heavy (non-hydrogen) atoms. The van der Waals surface area contributed by atoms with Crippen LogP contribution in [-0.4, -0.2) is 19.7 Å². The van der Waals surface area contributed by atoms with E-state index in [1.54, 1.807) is 36.4 Å². The summed E-state index contributed by atoms with van der Waals surface area (Å²) < 4.78 is 24.5. The highest BCUT2D eigenvalue weighted by Crippen LogP contribution is 2.37. The second-order valence-corrected chi connectivity index (χ2v) is 5.14. The summed E-state index contributed by atoms with van der Waals surface area (Å²) in [7, 11) is 1.31. The minimum Gasteiger partial charge on any atom is -0.489 e. The molecule has 5 heteroatoms. The van der Waals surface area contributed by atoms with E-state index in [0.717, 1.165) is 0 Å². The number of benzene rings is 2. The van der Waals surface area contributed by atoms with Crippen LogP contribution in [0, 0.1) is 5.82 Å². The number of rotatable bonds is 2. The van der Waals surface area contributed by atoms with Crippen LogP contribution in [0.2, 0.25) is 5.02 Å². The van der Waals surface area contributed by atoms with Crippen molar-refractivity contribution in [2.45, 2.75) is 0 Å². The molecule has 0 aliphatic carbocycles. The highest BCUT2D eigenvalue weighted by atomic mass is 35.5. The number of methoxy groups -OCH3 is 1. The molecule has 2 aromatic rings. The SMILES string of the molecule is COC(=O)c1ccc2c(c1)C(c1cccc(Cl)c1F)=CCO2. The fourth-order valence-corrected chi connectivity index (χ4v) is 2.58. The number of hydrogen-bond acceptors (Lipinski definition) is 3. The van der Waals surface area contributed by atoms with E-state index >= 15 is 0 Å². The summed E-state index contributed by atoms with van der Waals surface area (Å²) >= 11 is 5.86. The third-order valence-electron chi connectivity index (χ3n) is 3.46. The van der Waals surface area contributed by atoms with Crippen molar-refractivity contribution < 1.29 is 18.7 Å². The molecule has 3 nitrogen and oxygen atoms in total. The molecule has 0 radical (unpaired) electrons. The Balaban J connectivity index is 2.15. The maximum Gasteiger partial charge on any atom is 0.337 e. The van der Waals surface area contributed by atoms with Gasteiger partial charge in [0.25, 0.3) is 0 Å². The summed E-state index contributed by atoms with van der Waals surface area (Å²) in [5.74, 6) is -0.365. The van der Waals surface area contributed by atoms with Crippen LogP contribution in [0.1, 0.15) is 21.5 Å². The fourth-order valence-electron chi connectivity index (χ4n) is 2.40. The zero-order chi connectivity index (χ0) is 15.7. The van der Waals surface area contributed by atoms with E-state index in [0.29, 0.717) is 34.6 Å². The first-order chi connectivity index (χ1) is 10.6. The summed E-state index contributed by atoms with van der Waals surface area (Å²) in [6.45, 7) is 0.325. The number of carbonyl (C=O) groups is 1. The molecule has 0 saturated carbocycles. The zero-order valence-electron chi connectivity index (χ0n) is 11.7. The van der Waals surface area contributed by atoms with Gasteiger partial charge in [-0.3, -0.25) is 0 Å². The first-order valence-electron chi connectivity index (χ1n) is 6.62. The van der Waals surface area contributed by atoms with Crippen molar-refractivity contribution in [1.29, 1.82) is 0 Å². The second kappa shape index (κ2) is 5.81. The van der Waals surface area contributed by atoms with E-state index in [1.165, 1.54) is 13.2 Å². The van der Waals surface area contributed by atoms with Crippen LogP contribution in [0.3, 0.4) is 0 Å². The van der Waals surface area contributed by atoms with E-state index in [4.69, 9.17) is 21.1 Å². The Labute approximate surface area is 131 Å². The van der Waals surface area contributed by atoms with Gasteiger partial charge in [0.1, 0.15) is 18.2 Å². The van der Waals surface area contributed by atoms with E-state index in [1.807, 2.05) is 0 Å². The lowest BCUT2D eigenvalue weighted by molar-refractivity contribution is 0.0600. The highest BCUT2D eigenvalue weighted by Gasteiger charge is 2.21. The molecule has 0 fully saturated rings. The van der Waals surface area contributed by atoms with Gasteiger partial charge in [-0.25, -0.2) is 9.18 Å². The van der Waals surface area contributed by atoms with Gasteiger partial charge < -0.3 is 9.47 Å². The molecule has 0 aromatic heterocycles. The molecule has 0 N–H and O–H groups in total. The summed E-state index contributed by atoms with van der Waals surface area (Å²) in [5, 5.41) is 0.0514. The number of esters is 1. The van der Waals surface area contributed by atoms with Crippen LogP contribution in [0.4, 0.5) is 4.39 Å². The Morgan fingerprint density at radius 3 is 2.86 bits per heavy atom. The minimum atomic E-state index is -0.494. The Bertz CT molecular complexity index is 783. The topological polar surface area (TPSA) is 35.5 Å². The molecular weight excluding hydrogens is 307 g/mol. The quantitative estimate of drug-likeness (QED) is 0.782. The van der Waals surface area contributed by atoms with Crippen molar-refractivity contribution in [2.75, 3.05) is 13.7 Å². The maximum absolute atomic E-state index is 14.3. The van der Waals surface area contributed by atoms with Crippen LogP contribution in [0.5, 0.6) is 5.75 Å². The predicted octanol–water partition coefficient (Wildman–Crippen LogP) is 4.09. The van der Waals surface area contributed by atoms with Gasteiger partial charge in [0, 0.05) is 11.1 Å². The molecule has 0 amide bonds. The van der Waals surface area contributed by atoms with E-state index in [-0.39, 0.29) is 5.02 Å². The van der Waals surface area contributed by atoms with E-state index in [2.05, 4.69) is 0 Å².